The lowest BCUT2D eigenvalue weighted by Gasteiger charge is -2.19. The molecule has 2 aromatic carbocycles. The molecule has 0 fully saturated rings. The molecule has 2 aromatic rings. The van der Waals surface area contributed by atoms with E-state index in [1.165, 1.54) is 0 Å². The number of carbonyl (C=O) groups is 1. The van der Waals surface area contributed by atoms with Crippen LogP contribution in [0.1, 0.15) is 15.9 Å². The van der Waals surface area contributed by atoms with Crippen molar-refractivity contribution in [3.05, 3.63) is 59.7 Å². The topological polar surface area (TPSA) is 29.5 Å². The normalized spacial score (nSPS) is 10.1. The van der Waals surface area contributed by atoms with Crippen LogP contribution in [0.4, 0.5) is 5.69 Å². The van der Waals surface area contributed by atoms with Crippen LogP contribution in [0, 0.1) is 6.92 Å². The van der Waals surface area contributed by atoms with Gasteiger partial charge in [-0.05, 0) is 36.8 Å². The summed E-state index contributed by atoms with van der Waals surface area (Å²) in [7, 11) is 3.34. The molecule has 0 aromatic heterocycles. The van der Waals surface area contributed by atoms with E-state index in [4.69, 9.17) is 4.74 Å². The Bertz CT molecular complexity index is 579. The van der Waals surface area contributed by atoms with Crippen molar-refractivity contribution in [2.24, 2.45) is 0 Å². The fraction of sp³-hybridized carbons (Fsp3) is 0.188. The van der Waals surface area contributed by atoms with Crippen LogP contribution in [0.25, 0.3) is 0 Å². The molecule has 0 aliphatic rings. The standard InChI is InChI=1S/C16H17NO2/c1-12-9-10-14(15(11-12)19-3)16(18)17(2)13-7-5-4-6-8-13/h4-11H,1-3H3. The van der Waals surface area contributed by atoms with E-state index >= 15 is 0 Å². The summed E-state index contributed by atoms with van der Waals surface area (Å²) in [6, 6.07) is 15.1. The molecule has 0 heterocycles. The van der Waals surface area contributed by atoms with E-state index in [-0.39, 0.29) is 5.91 Å². The predicted molar refractivity (Wildman–Crippen MR) is 76.9 cm³/mol. The number of ether oxygens (including phenoxy) is 1. The predicted octanol–water partition coefficient (Wildman–Crippen LogP) is 3.28. The Kier molecular flexibility index (Phi) is 3.85. The summed E-state index contributed by atoms with van der Waals surface area (Å²) >= 11 is 0. The molecule has 2 rings (SSSR count). The maximum Gasteiger partial charge on any atom is 0.261 e. The van der Waals surface area contributed by atoms with Gasteiger partial charge in [0.1, 0.15) is 5.75 Å². The van der Waals surface area contributed by atoms with E-state index in [0.29, 0.717) is 11.3 Å². The first-order valence-electron chi connectivity index (χ1n) is 6.11. The van der Waals surface area contributed by atoms with Gasteiger partial charge in [-0.2, -0.15) is 0 Å². The Morgan fingerprint density at radius 1 is 1.11 bits per heavy atom. The Morgan fingerprint density at radius 2 is 1.79 bits per heavy atom. The largest absolute Gasteiger partial charge is 0.496 e. The zero-order chi connectivity index (χ0) is 13.8. The summed E-state index contributed by atoms with van der Waals surface area (Å²) in [4.78, 5) is 14.1. The fourth-order valence-electron chi connectivity index (χ4n) is 1.92. The minimum Gasteiger partial charge on any atom is -0.496 e. The second kappa shape index (κ2) is 5.57. The molecule has 0 saturated carbocycles. The second-order valence-corrected chi connectivity index (χ2v) is 4.40. The Labute approximate surface area is 113 Å². The first-order chi connectivity index (χ1) is 9.13. The summed E-state index contributed by atoms with van der Waals surface area (Å²) in [5.74, 6) is 0.524. The number of nitrogens with zero attached hydrogens (tertiary/aromatic N) is 1. The van der Waals surface area contributed by atoms with Gasteiger partial charge in [0.25, 0.3) is 5.91 Å². The Hall–Kier alpha value is -2.29. The lowest BCUT2D eigenvalue weighted by atomic mass is 10.1. The molecule has 1 amide bonds. The van der Waals surface area contributed by atoms with Gasteiger partial charge in [-0.3, -0.25) is 4.79 Å². The van der Waals surface area contributed by atoms with Crippen LogP contribution in [0.5, 0.6) is 5.75 Å². The molecule has 0 aliphatic heterocycles. The van der Waals surface area contributed by atoms with Gasteiger partial charge in [-0.15, -0.1) is 0 Å². The maximum absolute atomic E-state index is 12.5. The van der Waals surface area contributed by atoms with E-state index in [2.05, 4.69) is 0 Å². The number of amides is 1. The summed E-state index contributed by atoms with van der Waals surface area (Å²) in [6.45, 7) is 1.97. The Morgan fingerprint density at radius 3 is 2.42 bits per heavy atom. The van der Waals surface area contributed by atoms with Crippen molar-refractivity contribution in [2.45, 2.75) is 6.92 Å². The third kappa shape index (κ3) is 2.76. The molecule has 0 saturated heterocycles. The third-order valence-corrected chi connectivity index (χ3v) is 3.04. The molecule has 3 nitrogen and oxygen atoms in total. The average molecular weight is 255 g/mol. The van der Waals surface area contributed by atoms with Crippen LogP contribution < -0.4 is 9.64 Å². The van der Waals surface area contributed by atoms with Crippen molar-refractivity contribution < 1.29 is 9.53 Å². The molecule has 0 spiro atoms. The number of hydrogen-bond acceptors (Lipinski definition) is 2. The minimum absolute atomic E-state index is 0.0805. The molecular weight excluding hydrogens is 238 g/mol. The van der Waals surface area contributed by atoms with Gasteiger partial charge < -0.3 is 9.64 Å². The van der Waals surface area contributed by atoms with Gasteiger partial charge in [0.2, 0.25) is 0 Å². The third-order valence-electron chi connectivity index (χ3n) is 3.04. The van der Waals surface area contributed by atoms with Gasteiger partial charge >= 0.3 is 0 Å². The molecule has 0 aliphatic carbocycles. The van der Waals surface area contributed by atoms with Crippen molar-refractivity contribution in [1.29, 1.82) is 0 Å². The molecule has 0 N–H and O–H groups in total. The number of carbonyl (C=O) groups excluding carboxylic acids is 1. The highest BCUT2D eigenvalue weighted by Gasteiger charge is 2.17. The number of rotatable bonds is 3. The van der Waals surface area contributed by atoms with Crippen molar-refractivity contribution in [3.8, 4) is 5.75 Å². The van der Waals surface area contributed by atoms with Crippen LogP contribution >= 0.6 is 0 Å². The summed E-state index contributed by atoms with van der Waals surface area (Å²) in [6.07, 6.45) is 0. The molecule has 3 heteroatoms. The van der Waals surface area contributed by atoms with Gasteiger partial charge in [0.05, 0.1) is 12.7 Å². The molecule has 0 bridgehead atoms. The summed E-state index contributed by atoms with van der Waals surface area (Å²) < 4.78 is 5.29. The molecule has 0 radical (unpaired) electrons. The highest BCUT2D eigenvalue weighted by atomic mass is 16.5. The molecule has 98 valence electrons. The van der Waals surface area contributed by atoms with Crippen molar-refractivity contribution in [2.75, 3.05) is 19.1 Å². The van der Waals surface area contributed by atoms with Crippen LogP contribution in [-0.2, 0) is 0 Å². The van der Waals surface area contributed by atoms with Crippen molar-refractivity contribution >= 4 is 11.6 Å². The number of anilines is 1. The molecule has 0 unspecified atom stereocenters. The highest BCUT2D eigenvalue weighted by molar-refractivity contribution is 6.07. The minimum atomic E-state index is -0.0805. The van der Waals surface area contributed by atoms with Crippen molar-refractivity contribution in [3.63, 3.8) is 0 Å². The van der Waals surface area contributed by atoms with Gasteiger partial charge in [0.15, 0.2) is 0 Å². The van der Waals surface area contributed by atoms with Crippen LogP contribution in [-0.4, -0.2) is 20.1 Å². The highest BCUT2D eigenvalue weighted by Crippen LogP contribution is 2.23. The Balaban J connectivity index is 2.34. The van der Waals surface area contributed by atoms with Crippen molar-refractivity contribution in [1.82, 2.24) is 0 Å². The first kappa shape index (κ1) is 13.1. The number of methoxy groups -OCH3 is 1. The molecule has 19 heavy (non-hydrogen) atoms. The van der Waals surface area contributed by atoms with Crippen LogP contribution in [0.2, 0.25) is 0 Å². The van der Waals surface area contributed by atoms with E-state index in [1.54, 1.807) is 25.1 Å². The van der Waals surface area contributed by atoms with E-state index < -0.39 is 0 Å². The van der Waals surface area contributed by atoms with Gasteiger partial charge in [0, 0.05) is 12.7 Å². The quantitative estimate of drug-likeness (QED) is 0.842. The maximum atomic E-state index is 12.5. The van der Waals surface area contributed by atoms with E-state index in [9.17, 15) is 4.79 Å². The number of aryl methyl sites for hydroxylation is 1. The smallest absolute Gasteiger partial charge is 0.261 e. The zero-order valence-corrected chi connectivity index (χ0v) is 11.4. The lowest BCUT2D eigenvalue weighted by molar-refractivity contribution is 0.0990. The number of hydrogen-bond donors (Lipinski definition) is 0. The van der Waals surface area contributed by atoms with E-state index in [1.807, 2.05) is 49.4 Å². The second-order valence-electron chi connectivity index (χ2n) is 4.40. The number of para-hydroxylation sites is 1. The summed E-state index contributed by atoms with van der Waals surface area (Å²) in [5.41, 5.74) is 2.49. The monoisotopic (exact) mass is 255 g/mol. The summed E-state index contributed by atoms with van der Waals surface area (Å²) in [5, 5.41) is 0. The average Bonchev–Trinajstić information content (AvgIpc) is 2.46. The molecule has 0 atom stereocenters. The van der Waals surface area contributed by atoms with Crippen LogP contribution in [0.15, 0.2) is 48.5 Å². The zero-order valence-electron chi connectivity index (χ0n) is 11.4. The fourth-order valence-corrected chi connectivity index (χ4v) is 1.92. The SMILES string of the molecule is COc1cc(C)ccc1C(=O)N(C)c1ccccc1. The first-order valence-corrected chi connectivity index (χ1v) is 6.11. The number of benzene rings is 2. The lowest BCUT2D eigenvalue weighted by Crippen LogP contribution is -2.26. The van der Waals surface area contributed by atoms with E-state index in [0.717, 1.165) is 11.3 Å². The van der Waals surface area contributed by atoms with Gasteiger partial charge in [-0.25, -0.2) is 0 Å². The van der Waals surface area contributed by atoms with Gasteiger partial charge in [-0.1, -0.05) is 24.3 Å². The van der Waals surface area contributed by atoms with Crippen LogP contribution in [0.3, 0.4) is 0 Å². The molecular formula is C16H17NO2.